The molecule has 0 radical (unpaired) electrons. The van der Waals surface area contributed by atoms with E-state index in [1.807, 2.05) is 26.0 Å². The molecule has 142 valence electrons. The molecular formula is C19H29N5O2. The highest BCUT2D eigenvalue weighted by molar-refractivity contribution is 5.82. The molecule has 1 aliphatic heterocycles. The van der Waals surface area contributed by atoms with Crippen LogP contribution in [-0.2, 0) is 16.8 Å². The molecule has 3 rings (SSSR count). The van der Waals surface area contributed by atoms with Crippen LogP contribution in [0.5, 0.6) is 0 Å². The van der Waals surface area contributed by atoms with Crippen LogP contribution >= 0.6 is 0 Å². The number of hydrazine groups is 1. The standard InChI is InChI=1S/C19H29N5O2/c1-10-16(11(2)24-23-10)17(20)18(25)21-9-15-22-13-8-12(19(3,4)5)6-7-14(13)26-15/h6-8,10-11,16-17,23-24H,9,20H2,1-5H3,(H,21,25). The number of hydrogen-bond acceptors (Lipinski definition) is 6. The van der Waals surface area contributed by atoms with Gasteiger partial charge in [0, 0.05) is 18.0 Å². The van der Waals surface area contributed by atoms with Crippen molar-refractivity contribution in [2.45, 2.75) is 64.7 Å². The SMILES string of the molecule is CC1NNC(C)C1C(N)C(=O)NCc1nc2cc(C(C)(C)C)ccc2o1. The number of nitrogens with zero attached hydrogens (tertiary/aromatic N) is 1. The molecule has 1 fully saturated rings. The molecule has 1 aromatic carbocycles. The molecule has 0 saturated carbocycles. The van der Waals surface area contributed by atoms with Gasteiger partial charge in [0.25, 0.3) is 0 Å². The second-order valence-corrected chi connectivity index (χ2v) is 8.23. The van der Waals surface area contributed by atoms with Gasteiger partial charge < -0.3 is 15.5 Å². The highest BCUT2D eigenvalue weighted by Gasteiger charge is 2.37. The van der Waals surface area contributed by atoms with Crippen LogP contribution in [0.25, 0.3) is 11.1 Å². The molecule has 1 saturated heterocycles. The lowest BCUT2D eigenvalue weighted by Gasteiger charge is -2.24. The third-order valence-corrected chi connectivity index (χ3v) is 5.12. The van der Waals surface area contributed by atoms with Crippen LogP contribution < -0.4 is 21.9 Å². The van der Waals surface area contributed by atoms with Crippen molar-refractivity contribution in [2.24, 2.45) is 11.7 Å². The van der Waals surface area contributed by atoms with Crippen molar-refractivity contribution in [3.05, 3.63) is 29.7 Å². The maximum Gasteiger partial charge on any atom is 0.237 e. The van der Waals surface area contributed by atoms with E-state index in [2.05, 4.69) is 48.0 Å². The average Bonchev–Trinajstić information content (AvgIpc) is 3.13. The first-order chi connectivity index (χ1) is 12.2. The average molecular weight is 359 g/mol. The normalized spacial score (nSPS) is 24.8. The molecule has 0 bridgehead atoms. The number of nitrogens with one attached hydrogen (secondary N) is 3. The fourth-order valence-electron chi connectivity index (χ4n) is 3.48. The first kappa shape index (κ1) is 18.8. The molecule has 26 heavy (non-hydrogen) atoms. The second-order valence-electron chi connectivity index (χ2n) is 8.23. The summed E-state index contributed by atoms with van der Waals surface area (Å²) in [5.41, 5.74) is 15.2. The summed E-state index contributed by atoms with van der Waals surface area (Å²) in [5.74, 6) is 0.306. The number of fused-ring (bicyclic) bond motifs is 1. The molecular weight excluding hydrogens is 330 g/mol. The van der Waals surface area contributed by atoms with E-state index in [-0.39, 0.29) is 35.9 Å². The lowest BCUT2D eigenvalue weighted by atomic mass is 9.87. The predicted octanol–water partition coefficient (Wildman–Crippen LogP) is 1.57. The quantitative estimate of drug-likeness (QED) is 0.660. The summed E-state index contributed by atoms with van der Waals surface area (Å²) in [6, 6.07) is 5.68. The molecule has 7 heteroatoms. The van der Waals surface area contributed by atoms with Gasteiger partial charge in [-0.3, -0.25) is 15.6 Å². The van der Waals surface area contributed by atoms with Crippen molar-refractivity contribution in [1.82, 2.24) is 21.2 Å². The third kappa shape index (κ3) is 3.75. The Balaban J connectivity index is 1.66. The van der Waals surface area contributed by atoms with E-state index in [1.165, 1.54) is 5.56 Å². The van der Waals surface area contributed by atoms with E-state index in [1.54, 1.807) is 0 Å². The van der Waals surface area contributed by atoms with Gasteiger partial charge in [-0.05, 0) is 37.0 Å². The van der Waals surface area contributed by atoms with Crippen LogP contribution in [-0.4, -0.2) is 29.0 Å². The summed E-state index contributed by atoms with van der Waals surface area (Å²) in [7, 11) is 0. The van der Waals surface area contributed by atoms with Gasteiger partial charge >= 0.3 is 0 Å². The Morgan fingerprint density at radius 3 is 2.58 bits per heavy atom. The largest absolute Gasteiger partial charge is 0.439 e. The zero-order valence-corrected chi connectivity index (χ0v) is 16.1. The number of nitrogens with two attached hydrogens (primary N) is 1. The Labute approximate surface area is 154 Å². The zero-order valence-electron chi connectivity index (χ0n) is 16.1. The Morgan fingerprint density at radius 2 is 1.96 bits per heavy atom. The summed E-state index contributed by atoms with van der Waals surface area (Å²) >= 11 is 0. The van der Waals surface area contributed by atoms with Gasteiger partial charge in [0.2, 0.25) is 11.8 Å². The molecule has 1 aromatic heterocycles. The number of oxazole rings is 1. The van der Waals surface area contributed by atoms with Crippen LogP contribution in [0.2, 0.25) is 0 Å². The maximum absolute atomic E-state index is 12.4. The first-order valence-electron chi connectivity index (χ1n) is 9.11. The van der Waals surface area contributed by atoms with Gasteiger partial charge in [0.1, 0.15) is 5.52 Å². The van der Waals surface area contributed by atoms with E-state index in [0.29, 0.717) is 5.89 Å². The van der Waals surface area contributed by atoms with E-state index < -0.39 is 6.04 Å². The van der Waals surface area contributed by atoms with Gasteiger partial charge in [0.15, 0.2) is 5.58 Å². The predicted molar refractivity (Wildman–Crippen MR) is 101 cm³/mol. The van der Waals surface area contributed by atoms with Crippen LogP contribution in [0.4, 0.5) is 0 Å². The minimum atomic E-state index is -0.598. The summed E-state index contributed by atoms with van der Waals surface area (Å²) in [6.07, 6.45) is 0. The summed E-state index contributed by atoms with van der Waals surface area (Å²) in [5, 5.41) is 2.85. The number of benzene rings is 1. The van der Waals surface area contributed by atoms with Crippen LogP contribution in [0.3, 0.4) is 0 Å². The van der Waals surface area contributed by atoms with Crippen molar-refractivity contribution in [2.75, 3.05) is 0 Å². The molecule has 3 unspecified atom stereocenters. The number of aromatic nitrogens is 1. The minimum absolute atomic E-state index is 0.0213. The number of carbonyl (C=O) groups excluding carboxylic acids is 1. The van der Waals surface area contributed by atoms with Crippen LogP contribution in [0.1, 0.15) is 46.1 Å². The van der Waals surface area contributed by atoms with Gasteiger partial charge in [-0.1, -0.05) is 26.8 Å². The monoisotopic (exact) mass is 359 g/mol. The molecule has 2 heterocycles. The molecule has 7 nitrogen and oxygen atoms in total. The van der Waals surface area contributed by atoms with E-state index >= 15 is 0 Å². The third-order valence-electron chi connectivity index (χ3n) is 5.12. The van der Waals surface area contributed by atoms with Gasteiger partial charge in [-0.25, -0.2) is 4.98 Å². The van der Waals surface area contributed by atoms with Crippen molar-refractivity contribution in [3.63, 3.8) is 0 Å². The molecule has 1 aliphatic rings. The fraction of sp³-hybridized carbons (Fsp3) is 0.579. The van der Waals surface area contributed by atoms with Gasteiger partial charge in [0.05, 0.1) is 12.6 Å². The smallest absolute Gasteiger partial charge is 0.237 e. The zero-order chi connectivity index (χ0) is 19.1. The summed E-state index contributed by atoms with van der Waals surface area (Å²) in [4.78, 5) is 16.9. The number of carbonyl (C=O) groups is 1. The number of hydrogen-bond donors (Lipinski definition) is 4. The Bertz CT molecular complexity index is 785. The lowest BCUT2D eigenvalue weighted by molar-refractivity contribution is -0.124. The number of amides is 1. The van der Waals surface area contributed by atoms with Crippen molar-refractivity contribution in [3.8, 4) is 0 Å². The highest BCUT2D eigenvalue weighted by Crippen LogP contribution is 2.26. The van der Waals surface area contributed by atoms with Crippen LogP contribution in [0, 0.1) is 5.92 Å². The lowest BCUT2D eigenvalue weighted by Crippen LogP contribution is -2.50. The first-order valence-corrected chi connectivity index (χ1v) is 9.11. The molecule has 1 amide bonds. The van der Waals surface area contributed by atoms with Crippen LogP contribution in [0.15, 0.2) is 22.6 Å². The number of rotatable bonds is 4. The van der Waals surface area contributed by atoms with Gasteiger partial charge in [-0.15, -0.1) is 0 Å². The molecule has 5 N–H and O–H groups in total. The Hall–Kier alpha value is -1.96. The summed E-state index contributed by atoms with van der Waals surface area (Å²) < 4.78 is 5.74. The topological polar surface area (TPSA) is 105 Å². The molecule has 3 atom stereocenters. The van der Waals surface area contributed by atoms with E-state index in [0.717, 1.165) is 11.1 Å². The van der Waals surface area contributed by atoms with Crippen molar-refractivity contribution >= 4 is 17.0 Å². The Kier molecular flexibility index (Phi) is 5.05. The van der Waals surface area contributed by atoms with E-state index in [4.69, 9.17) is 10.2 Å². The fourth-order valence-corrected chi connectivity index (χ4v) is 3.48. The Morgan fingerprint density at radius 1 is 1.31 bits per heavy atom. The van der Waals surface area contributed by atoms with Gasteiger partial charge in [-0.2, -0.15) is 0 Å². The van der Waals surface area contributed by atoms with E-state index in [9.17, 15) is 4.79 Å². The molecule has 2 aromatic rings. The molecule has 0 aliphatic carbocycles. The molecule has 0 spiro atoms. The second kappa shape index (κ2) is 6.98. The maximum atomic E-state index is 12.4. The minimum Gasteiger partial charge on any atom is -0.439 e. The highest BCUT2D eigenvalue weighted by atomic mass is 16.3. The van der Waals surface area contributed by atoms with Crippen molar-refractivity contribution < 1.29 is 9.21 Å². The van der Waals surface area contributed by atoms with Crippen molar-refractivity contribution in [1.29, 1.82) is 0 Å². The summed E-state index contributed by atoms with van der Waals surface area (Å²) in [6.45, 7) is 10.7.